The molecule has 1 aromatic heterocycles. The van der Waals surface area contributed by atoms with Crippen LogP contribution in [0.4, 0.5) is 0 Å². The second kappa shape index (κ2) is 6.03. The summed E-state index contributed by atoms with van der Waals surface area (Å²) in [4.78, 5) is 2.50. The van der Waals surface area contributed by atoms with Gasteiger partial charge >= 0.3 is 0 Å². The summed E-state index contributed by atoms with van der Waals surface area (Å²) in [7, 11) is 0. The molecule has 0 amide bonds. The Morgan fingerprint density at radius 3 is 2.89 bits per heavy atom. The number of nitrogens with zero attached hydrogens (tertiary/aromatic N) is 3. The van der Waals surface area contributed by atoms with Crippen molar-refractivity contribution in [2.45, 2.75) is 51.6 Å². The normalized spacial score (nSPS) is 26.1. The molecule has 106 valence electrons. The van der Waals surface area contributed by atoms with Crippen LogP contribution in [0.5, 0.6) is 0 Å². The zero-order chi connectivity index (χ0) is 13.1. The van der Waals surface area contributed by atoms with Crippen LogP contribution in [0.3, 0.4) is 0 Å². The maximum atomic E-state index is 5.70. The van der Waals surface area contributed by atoms with Crippen LogP contribution in [0.1, 0.15) is 31.7 Å². The maximum absolute atomic E-state index is 5.70. The molecule has 5 nitrogen and oxygen atoms in total. The van der Waals surface area contributed by atoms with Crippen molar-refractivity contribution in [1.82, 2.24) is 14.7 Å². The van der Waals surface area contributed by atoms with Crippen molar-refractivity contribution in [2.75, 3.05) is 19.8 Å². The topological polar surface area (TPSA) is 39.5 Å². The number of likely N-dealkylation sites (tertiary alicyclic amines) is 1. The van der Waals surface area contributed by atoms with Gasteiger partial charge in [-0.05, 0) is 26.3 Å². The lowest BCUT2D eigenvalue weighted by atomic mass is 10.0. The van der Waals surface area contributed by atoms with Gasteiger partial charge in [0.1, 0.15) is 0 Å². The molecule has 0 spiro atoms. The highest BCUT2D eigenvalue weighted by molar-refractivity contribution is 5.04. The number of aromatic nitrogens is 2. The van der Waals surface area contributed by atoms with E-state index in [4.69, 9.17) is 9.47 Å². The second-order valence-electron chi connectivity index (χ2n) is 5.35. The molecule has 3 rings (SSSR count). The van der Waals surface area contributed by atoms with Crippen LogP contribution in [0, 0.1) is 0 Å². The summed E-state index contributed by atoms with van der Waals surface area (Å²) in [5, 5.41) is 4.35. The molecule has 0 N–H and O–H groups in total. The van der Waals surface area contributed by atoms with Gasteiger partial charge in [-0.2, -0.15) is 5.10 Å². The SMILES string of the molecule is CCn1cc(CN2CCCC[C@H]2C2OCCO2)cn1. The summed E-state index contributed by atoms with van der Waals surface area (Å²) >= 11 is 0. The average Bonchev–Trinajstić information content (AvgIpc) is 3.10. The second-order valence-corrected chi connectivity index (χ2v) is 5.35. The first-order valence-electron chi connectivity index (χ1n) is 7.35. The fourth-order valence-corrected chi connectivity index (χ4v) is 3.02. The number of hydrogen-bond acceptors (Lipinski definition) is 4. The Balaban J connectivity index is 1.65. The minimum atomic E-state index is -0.0264. The van der Waals surface area contributed by atoms with E-state index in [0.29, 0.717) is 6.04 Å². The number of aryl methyl sites for hydroxylation is 1. The van der Waals surface area contributed by atoms with Crippen LogP contribution in [-0.4, -0.2) is 46.8 Å². The molecule has 5 heteroatoms. The van der Waals surface area contributed by atoms with Gasteiger partial charge in [-0.1, -0.05) is 6.42 Å². The molecule has 2 saturated heterocycles. The zero-order valence-electron chi connectivity index (χ0n) is 11.6. The Bertz CT molecular complexity index is 401. The van der Waals surface area contributed by atoms with Crippen LogP contribution in [-0.2, 0) is 22.6 Å². The van der Waals surface area contributed by atoms with Crippen molar-refractivity contribution in [1.29, 1.82) is 0 Å². The quantitative estimate of drug-likeness (QED) is 0.829. The van der Waals surface area contributed by atoms with Gasteiger partial charge in [-0.25, -0.2) is 0 Å². The van der Waals surface area contributed by atoms with Gasteiger partial charge in [0, 0.05) is 24.8 Å². The Morgan fingerprint density at radius 2 is 2.16 bits per heavy atom. The van der Waals surface area contributed by atoms with E-state index < -0.39 is 0 Å². The molecule has 3 heterocycles. The number of ether oxygens (including phenoxy) is 2. The van der Waals surface area contributed by atoms with E-state index in [-0.39, 0.29) is 6.29 Å². The van der Waals surface area contributed by atoms with Gasteiger partial charge in [0.05, 0.1) is 25.5 Å². The van der Waals surface area contributed by atoms with Crippen LogP contribution >= 0.6 is 0 Å². The number of rotatable bonds is 4. The molecular weight excluding hydrogens is 242 g/mol. The molecule has 0 aromatic carbocycles. The summed E-state index contributed by atoms with van der Waals surface area (Å²) in [6, 6.07) is 0.404. The van der Waals surface area contributed by atoms with E-state index in [2.05, 4.69) is 23.1 Å². The Kier molecular flexibility index (Phi) is 4.15. The molecule has 1 atom stereocenters. The van der Waals surface area contributed by atoms with Gasteiger partial charge in [-0.3, -0.25) is 9.58 Å². The third kappa shape index (κ3) is 2.99. The zero-order valence-corrected chi connectivity index (χ0v) is 11.6. The van der Waals surface area contributed by atoms with Crippen molar-refractivity contribution >= 4 is 0 Å². The largest absolute Gasteiger partial charge is 0.349 e. The lowest BCUT2D eigenvalue weighted by Gasteiger charge is -2.37. The molecule has 2 aliphatic rings. The van der Waals surface area contributed by atoms with Crippen LogP contribution in [0.15, 0.2) is 12.4 Å². The van der Waals surface area contributed by atoms with Gasteiger partial charge in [0.25, 0.3) is 0 Å². The van der Waals surface area contributed by atoms with Crippen molar-refractivity contribution in [3.05, 3.63) is 18.0 Å². The number of piperidine rings is 1. The van der Waals surface area contributed by atoms with E-state index in [1.165, 1.54) is 24.8 Å². The lowest BCUT2D eigenvalue weighted by Crippen LogP contribution is -2.46. The summed E-state index contributed by atoms with van der Waals surface area (Å²) in [6.07, 6.45) is 7.81. The van der Waals surface area contributed by atoms with Crippen LogP contribution < -0.4 is 0 Å². The molecule has 2 fully saturated rings. The Labute approximate surface area is 114 Å². The smallest absolute Gasteiger partial charge is 0.173 e. The maximum Gasteiger partial charge on any atom is 0.173 e. The van der Waals surface area contributed by atoms with Gasteiger partial charge in [0.15, 0.2) is 6.29 Å². The van der Waals surface area contributed by atoms with Crippen LogP contribution in [0.2, 0.25) is 0 Å². The standard InChI is InChI=1S/C14H23N3O2/c1-2-17-11-12(9-15-17)10-16-6-4-3-5-13(16)14-18-7-8-19-14/h9,11,13-14H,2-8,10H2,1H3/t13-/m0/s1. The van der Waals surface area contributed by atoms with Gasteiger partial charge in [-0.15, -0.1) is 0 Å². The van der Waals surface area contributed by atoms with E-state index >= 15 is 0 Å². The first-order chi connectivity index (χ1) is 9.36. The predicted molar refractivity (Wildman–Crippen MR) is 71.6 cm³/mol. The monoisotopic (exact) mass is 265 g/mol. The average molecular weight is 265 g/mol. The van der Waals surface area contributed by atoms with Crippen molar-refractivity contribution in [2.24, 2.45) is 0 Å². The number of hydrogen-bond donors (Lipinski definition) is 0. The molecule has 2 aliphatic heterocycles. The molecule has 0 bridgehead atoms. The first kappa shape index (κ1) is 13.1. The third-order valence-electron chi connectivity index (χ3n) is 4.02. The molecular formula is C14H23N3O2. The highest BCUT2D eigenvalue weighted by Gasteiger charge is 2.33. The Hall–Kier alpha value is -0.910. The van der Waals surface area contributed by atoms with Crippen LogP contribution in [0.25, 0.3) is 0 Å². The minimum Gasteiger partial charge on any atom is -0.349 e. The van der Waals surface area contributed by atoms with Crippen molar-refractivity contribution in [3.8, 4) is 0 Å². The predicted octanol–water partition coefficient (Wildman–Crippen LogP) is 1.63. The van der Waals surface area contributed by atoms with E-state index in [0.717, 1.165) is 32.8 Å². The van der Waals surface area contributed by atoms with Gasteiger partial charge < -0.3 is 9.47 Å². The summed E-state index contributed by atoms with van der Waals surface area (Å²) in [5.74, 6) is 0. The summed E-state index contributed by atoms with van der Waals surface area (Å²) in [6.45, 7) is 6.60. The molecule has 0 saturated carbocycles. The fraction of sp³-hybridized carbons (Fsp3) is 0.786. The third-order valence-corrected chi connectivity index (χ3v) is 4.02. The fourth-order valence-electron chi connectivity index (χ4n) is 3.02. The van der Waals surface area contributed by atoms with Crippen molar-refractivity contribution < 1.29 is 9.47 Å². The summed E-state index contributed by atoms with van der Waals surface area (Å²) in [5.41, 5.74) is 1.28. The molecule has 0 radical (unpaired) electrons. The van der Waals surface area contributed by atoms with E-state index in [1.807, 2.05) is 10.9 Å². The van der Waals surface area contributed by atoms with Crippen molar-refractivity contribution in [3.63, 3.8) is 0 Å². The highest BCUT2D eigenvalue weighted by Crippen LogP contribution is 2.25. The first-order valence-corrected chi connectivity index (χ1v) is 7.35. The van der Waals surface area contributed by atoms with Gasteiger partial charge in [0.2, 0.25) is 0 Å². The highest BCUT2D eigenvalue weighted by atomic mass is 16.7. The van der Waals surface area contributed by atoms with E-state index in [9.17, 15) is 0 Å². The molecule has 19 heavy (non-hydrogen) atoms. The molecule has 0 unspecified atom stereocenters. The van der Waals surface area contributed by atoms with E-state index in [1.54, 1.807) is 0 Å². The molecule has 1 aromatic rings. The Morgan fingerprint density at radius 1 is 1.32 bits per heavy atom. The lowest BCUT2D eigenvalue weighted by molar-refractivity contribution is -0.111. The summed E-state index contributed by atoms with van der Waals surface area (Å²) < 4.78 is 13.4. The minimum absolute atomic E-state index is 0.0264. The molecule has 0 aliphatic carbocycles.